The van der Waals surface area contributed by atoms with E-state index < -0.39 is 14.1 Å². The van der Waals surface area contributed by atoms with Gasteiger partial charge in [-0.15, -0.1) is 0 Å². The van der Waals surface area contributed by atoms with Crippen molar-refractivity contribution in [2.45, 2.75) is 97.6 Å². The predicted octanol–water partition coefficient (Wildman–Crippen LogP) is 7.37. The molecule has 0 bridgehead atoms. The molecular formula is C25H44O3Si. The highest BCUT2D eigenvalue weighted by molar-refractivity contribution is 6.74. The van der Waals surface area contributed by atoms with E-state index in [2.05, 4.69) is 73.9 Å². The average Bonchev–Trinajstić information content (AvgIpc) is 3.06. The Morgan fingerprint density at radius 2 is 1.76 bits per heavy atom. The second-order valence-electron chi connectivity index (χ2n) is 10.9. The van der Waals surface area contributed by atoms with Gasteiger partial charge in [-0.2, -0.15) is 0 Å². The molecule has 4 heteroatoms. The Bertz CT molecular complexity index is 649. The molecule has 2 aliphatic rings. The van der Waals surface area contributed by atoms with Gasteiger partial charge in [0.25, 0.3) is 0 Å². The van der Waals surface area contributed by atoms with Gasteiger partial charge in [-0.3, -0.25) is 0 Å². The highest BCUT2D eigenvalue weighted by atomic mass is 28.4. The summed E-state index contributed by atoms with van der Waals surface area (Å²) in [5.74, 6) is 0.797. The molecule has 1 heterocycles. The predicted molar refractivity (Wildman–Crippen MR) is 125 cm³/mol. The van der Waals surface area contributed by atoms with Crippen LogP contribution >= 0.6 is 0 Å². The maximum Gasteiger partial charge on any atom is 0.250 e. The van der Waals surface area contributed by atoms with Crippen molar-refractivity contribution >= 4 is 8.32 Å². The van der Waals surface area contributed by atoms with E-state index in [0.717, 1.165) is 37.0 Å². The molecule has 2 atom stereocenters. The van der Waals surface area contributed by atoms with Gasteiger partial charge in [-0.05, 0) is 69.2 Å². The van der Waals surface area contributed by atoms with Crippen LogP contribution in [0.2, 0.25) is 18.1 Å². The van der Waals surface area contributed by atoms with Gasteiger partial charge in [0.2, 0.25) is 8.32 Å². The minimum absolute atomic E-state index is 0.0635. The standard InChI is InChI=1S/C25H44O3Si/c1-19(2)22-14-12-16-25(26-17-18-27-25)24(22,8)15-11-13-20(3)21(4)28-29(9,10)23(5,6)7/h13,22H,1,4,11-12,14-18H2,2-3,5-10H3/b20-13+/t22-,24-/m0/s1. The monoisotopic (exact) mass is 420 g/mol. The van der Waals surface area contributed by atoms with Crippen LogP contribution in [-0.4, -0.2) is 27.3 Å². The zero-order chi connectivity index (χ0) is 22.1. The van der Waals surface area contributed by atoms with Gasteiger partial charge in [0, 0.05) is 11.8 Å². The summed E-state index contributed by atoms with van der Waals surface area (Å²) in [6.45, 7) is 27.9. The van der Waals surface area contributed by atoms with E-state index in [1.165, 1.54) is 12.0 Å². The largest absolute Gasteiger partial charge is 0.544 e. The fraction of sp³-hybridized carbons (Fsp3) is 0.760. The molecule has 3 nitrogen and oxygen atoms in total. The number of allylic oxidation sites excluding steroid dienone is 3. The minimum Gasteiger partial charge on any atom is -0.544 e. The Morgan fingerprint density at radius 1 is 1.17 bits per heavy atom. The van der Waals surface area contributed by atoms with Gasteiger partial charge in [-0.25, -0.2) is 0 Å². The summed E-state index contributed by atoms with van der Waals surface area (Å²) < 4.78 is 18.9. The average molecular weight is 421 g/mol. The van der Waals surface area contributed by atoms with Gasteiger partial charge in [0.15, 0.2) is 5.79 Å². The molecule has 0 amide bonds. The third kappa shape index (κ3) is 4.91. The van der Waals surface area contributed by atoms with Crippen molar-refractivity contribution in [2.24, 2.45) is 11.3 Å². The maximum atomic E-state index is 6.40. The van der Waals surface area contributed by atoms with E-state index in [9.17, 15) is 0 Å². The number of hydrogen-bond acceptors (Lipinski definition) is 3. The van der Waals surface area contributed by atoms with Crippen LogP contribution in [-0.2, 0) is 13.9 Å². The molecular weight excluding hydrogens is 376 g/mol. The lowest BCUT2D eigenvalue weighted by Gasteiger charge is -2.53. The maximum absolute atomic E-state index is 6.40. The Morgan fingerprint density at radius 3 is 2.28 bits per heavy atom. The lowest BCUT2D eigenvalue weighted by Crippen LogP contribution is -2.54. The molecule has 2 fully saturated rings. The van der Waals surface area contributed by atoms with Gasteiger partial charge in [-0.1, -0.05) is 52.5 Å². The van der Waals surface area contributed by atoms with E-state index in [1.807, 2.05) is 0 Å². The highest BCUT2D eigenvalue weighted by Crippen LogP contribution is 2.56. The van der Waals surface area contributed by atoms with Gasteiger partial charge in [0.1, 0.15) is 0 Å². The zero-order valence-electron chi connectivity index (χ0n) is 20.2. The molecule has 1 saturated carbocycles. The van der Waals surface area contributed by atoms with Crippen LogP contribution in [0.4, 0.5) is 0 Å². The Hall–Kier alpha value is -0.843. The lowest BCUT2D eigenvalue weighted by atomic mass is 9.59. The lowest BCUT2D eigenvalue weighted by molar-refractivity contribution is -0.265. The van der Waals surface area contributed by atoms with Crippen molar-refractivity contribution in [3.05, 3.63) is 36.1 Å². The Kier molecular flexibility index (Phi) is 7.35. The van der Waals surface area contributed by atoms with Crippen LogP contribution in [0.3, 0.4) is 0 Å². The first kappa shape index (κ1) is 24.4. The molecule has 0 N–H and O–H groups in total. The van der Waals surface area contributed by atoms with Gasteiger partial charge in [0.05, 0.1) is 19.0 Å². The first-order valence-corrected chi connectivity index (χ1v) is 14.1. The molecule has 1 aliphatic carbocycles. The molecule has 0 radical (unpaired) electrons. The van der Waals surface area contributed by atoms with E-state index in [0.29, 0.717) is 19.1 Å². The van der Waals surface area contributed by atoms with Crippen molar-refractivity contribution in [1.82, 2.24) is 0 Å². The van der Waals surface area contributed by atoms with Crippen molar-refractivity contribution < 1.29 is 13.9 Å². The molecule has 1 saturated heterocycles. The molecule has 2 rings (SSSR count). The molecule has 29 heavy (non-hydrogen) atoms. The van der Waals surface area contributed by atoms with E-state index in [4.69, 9.17) is 13.9 Å². The van der Waals surface area contributed by atoms with Crippen LogP contribution in [0.15, 0.2) is 36.1 Å². The van der Waals surface area contributed by atoms with Crippen LogP contribution in [0.1, 0.15) is 73.6 Å². The van der Waals surface area contributed by atoms with Crippen molar-refractivity contribution in [2.75, 3.05) is 13.2 Å². The summed E-state index contributed by atoms with van der Waals surface area (Å²) >= 11 is 0. The van der Waals surface area contributed by atoms with Crippen molar-refractivity contribution in [1.29, 1.82) is 0 Å². The zero-order valence-corrected chi connectivity index (χ0v) is 21.2. The third-order valence-electron chi connectivity index (χ3n) is 7.73. The molecule has 0 aromatic carbocycles. The molecule has 0 unspecified atom stereocenters. The summed E-state index contributed by atoms with van der Waals surface area (Å²) in [5, 5.41) is 0.171. The Labute approximate surface area is 180 Å². The quantitative estimate of drug-likeness (QED) is 0.186. The highest BCUT2D eigenvalue weighted by Gasteiger charge is 2.58. The second kappa shape index (κ2) is 8.72. The normalized spacial score (nSPS) is 27.9. The van der Waals surface area contributed by atoms with Crippen molar-refractivity contribution in [3.8, 4) is 0 Å². The van der Waals surface area contributed by atoms with E-state index in [-0.39, 0.29) is 10.5 Å². The van der Waals surface area contributed by atoms with Crippen LogP contribution in [0, 0.1) is 11.3 Å². The third-order valence-corrected chi connectivity index (χ3v) is 12.1. The summed E-state index contributed by atoms with van der Waals surface area (Å²) in [6, 6.07) is 0. The minimum atomic E-state index is -1.86. The fourth-order valence-corrected chi connectivity index (χ4v) is 5.82. The van der Waals surface area contributed by atoms with E-state index >= 15 is 0 Å². The topological polar surface area (TPSA) is 27.7 Å². The molecule has 166 valence electrons. The van der Waals surface area contributed by atoms with Gasteiger partial charge < -0.3 is 13.9 Å². The van der Waals surface area contributed by atoms with Crippen LogP contribution < -0.4 is 0 Å². The fourth-order valence-electron chi connectivity index (χ4n) is 4.74. The Balaban J connectivity index is 2.12. The molecule has 0 aromatic heterocycles. The number of rotatable bonds is 7. The van der Waals surface area contributed by atoms with Crippen LogP contribution in [0.5, 0.6) is 0 Å². The molecule has 1 aliphatic heterocycles. The smallest absolute Gasteiger partial charge is 0.250 e. The SMILES string of the molecule is C=C(O[Si](C)(C)C(C)(C)C)/C(C)=C/CC[C@@]1(C)[C@H](C(=C)C)CCCC12OCCO2. The number of ether oxygens (including phenoxy) is 2. The van der Waals surface area contributed by atoms with Crippen molar-refractivity contribution in [3.63, 3.8) is 0 Å². The summed E-state index contributed by atoms with van der Waals surface area (Å²) in [4.78, 5) is 0. The molecule has 1 spiro atoms. The molecule has 0 aromatic rings. The van der Waals surface area contributed by atoms with Crippen LogP contribution in [0.25, 0.3) is 0 Å². The number of hydrogen-bond donors (Lipinski definition) is 0. The summed E-state index contributed by atoms with van der Waals surface area (Å²) in [7, 11) is -1.86. The first-order chi connectivity index (χ1) is 13.3. The van der Waals surface area contributed by atoms with E-state index in [1.54, 1.807) is 0 Å². The second-order valence-corrected chi connectivity index (χ2v) is 15.6. The first-order valence-electron chi connectivity index (χ1n) is 11.2. The van der Waals surface area contributed by atoms with Gasteiger partial charge >= 0.3 is 0 Å². The summed E-state index contributed by atoms with van der Waals surface area (Å²) in [5.41, 5.74) is 2.33. The summed E-state index contributed by atoms with van der Waals surface area (Å²) in [6.07, 6.45) is 7.55.